The van der Waals surface area contributed by atoms with Crippen LogP contribution >= 0.6 is 24.0 Å². The van der Waals surface area contributed by atoms with Crippen molar-refractivity contribution in [1.82, 2.24) is 15.1 Å². The van der Waals surface area contributed by atoms with Crippen LogP contribution in [0.1, 0.15) is 5.56 Å². The number of alkyl halides is 3. The van der Waals surface area contributed by atoms with Gasteiger partial charge in [0.05, 0.1) is 13.1 Å². The lowest BCUT2D eigenvalue weighted by molar-refractivity contribution is -0.157. The Morgan fingerprint density at radius 1 is 1.19 bits per heavy atom. The number of aryl methyl sites for hydroxylation is 1. The minimum absolute atomic E-state index is 0. The first kappa shape index (κ1) is 25.3. The molecule has 1 N–H and O–H groups in total. The Balaban J connectivity index is 0.00000676. The van der Waals surface area contributed by atoms with Crippen LogP contribution in [-0.4, -0.2) is 75.2 Å². The molecule has 0 heterocycles. The predicted octanol–water partition coefficient (Wildman–Crippen LogP) is 2.52. The van der Waals surface area contributed by atoms with E-state index in [2.05, 4.69) is 10.3 Å². The van der Waals surface area contributed by atoms with Crippen LogP contribution in [0.25, 0.3) is 0 Å². The van der Waals surface area contributed by atoms with E-state index in [9.17, 15) is 18.0 Å². The van der Waals surface area contributed by atoms with Crippen LogP contribution in [0.4, 0.5) is 13.2 Å². The van der Waals surface area contributed by atoms with E-state index in [1.54, 1.807) is 11.9 Å². The van der Waals surface area contributed by atoms with E-state index in [4.69, 9.17) is 4.74 Å². The molecule has 0 atom stereocenters. The first-order chi connectivity index (χ1) is 12.1. The van der Waals surface area contributed by atoms with Gasteiger partial charge in [0, 0.05) is 21.1 Å². The highest BCUT2D eigenvalue weighted by Gasteiger charge is 2.31. The summed E-state index contributed by atoms with van der Waals surface area (Å²) in [6.07, 6.45) is -4.42. The fourth-order valence-electron chi connectivity index (χ4n) is 2.07. The number of rotatable bonds is 7. The number of ether oxygens (including phenoxy) is 1. The molecule has 154 valence electrons. The molecule has 0 bridgehead atoms. The van der Waals surface area contributed by atoms with Gasteiger partial charge >= 0.3 is 6.18 Å². The van der Waals surface area contributed by atoms with E-state index in [0.717, 1.165) is 18.4 Å². The number of hydrogen-bond donors (Lipinski definition) is 1. The summed E-state index contributed by atoms with van der Waals surface area (Å²) in [5, 5.41) is 2.75. The maximum atomic E-state index is 12.3. The molecule has 1 aromatic carbocycles. The number of amides is 1. The molecular weight excluding hydrogens is 476 g/mol. The molecule has 1 aromatic rings. The van der Waals surface area contributed by atoms with Gasteiger partial charge in [-0.25, -0.2) is 0 Å². The molecule has 1 rings (SSSR count). The molecule has 0 aliphatic heterocycles. The Morgan fingerprint density at radius 2 is 1.78 bits per heavy atom. The van der Waals surface area contributed by atoms with Gasteiger partial charge in [0.25, 0.3) is 0 Å². The summed E-state index contributed by atoms with van der Waals surface area (Å²) in [4.78, 5) is 18.1. The number of carbonyl (C=O) groups excluding carboxylic acids is 1. The smallest absolute Gasteiger partial charge is 0.406 e. The Kier molecular flexibility index (Phi) is 11.1. The fraction of sp³-hybridized carbons (Fsp3) is 0.529. The molecule has 0 fully saturated rings. The van der Waals surface area contributed by atoms with Gasteiger partial charge in [0.1, 0.15) is 18.9 Å². The van der Waals surface area contributed by atoms with Gasteiger partial charge in [-0.2, -0.15) is 13.2 Å². The summed E-state index contributed by atoms with van der Waals surface area (Å²) in [5.74, 6) is 0.468. The summed E-state index contributed by atoms with van der Waals surface area (Å²) in [7, 11) is 4.39. The second-order valence-corrected chi connectivity index (χ2v) is 5.85. The van der Waals surface area contributed by atoms with Crippen LogP contribution in [-0.2, 0) is 4.79 Å². The Morgan fingerprint density at radius 3 is 2.30 bits per heavy atom. The van der Waals surface area contributed by atoms with Gasteiger partial charge in [-0.3, -0.25) is 9.79 Å². The molecule has 0 aromatic heterocycles. The third-order valence-electron chi connectivity index (χ3n) is 3.53. The number of carbonyl (C=O) groups is 1. The molecule has 0 radical (unpaired) electrons. The van der Waals surface area contributed by atoms with E-state index in [0.29, 0.717) is 24.0 Å². The van der Waals surface area contributed by atoms with Crippen molar-refractivity contribution in [3.05, 3.63) is 29.8 Å². The second kappa shape index (κ2) is 11.9. The maximum absolute atomic E-state index is 12.3. The summed E-state index contributed by atoms with van der Waals surface area (Å²) in [6, 6.07) is 7.64. The highest BCUT2D eigenvalue weighted by atomic mass is 127. The molecule has 0 aliphatic carbocycles. The molecule has 10 heteroatoms. The zero-order chi connectivity index (χ0) is 19.7. The van der Waals surface area contributed by atoms with Crippen molar-refractivity contribution in [2.24, 2.45) is 4.99 Å². The van der Waals surface area contributed by atoms with Crippen molar-refractivity contribution >= 4 is 35.8 Å². The van der Waals surface area contributed by atoms with Crippen LogP contribution in [0.5, 0.6) is 5.75 Å². The SMILES string of the molecule is CN=C(NCC(=O)N(C)CC(F)(F)F)N(C)CCOc1ccc(C)cc1.I. The lowest BCUT2D eigenvalue weighted by Gasteiger charge is -2.24. The fourth-order valence-corrected chi connectivity index (χ4v) is 2.07. The van der Waals surface area contributed by atoms with E-state index >= 15 is 0 Å². The standard InChI is InChI=1S/C17H25F3N4O2.HI/c1-13-5-7-14(8-6-13)26-10-9-23(3)16(21-2)22-11-15(25)24(4)12-17(18,19)20;/h5-8H,9-12H2,1-4H3,(H,21,22);1H. The van der Waals surface area contributed by atoms with Crippen molar-refractivity contribution in [2.45, 2.75) is 13.1 Å². The first-order valence-electron chi connectivity index (χ1n) is 8.04. The van der Waals surface area contributed by atoms with Crippen molar-refractivity contribution in [3.63, 3.8) is 0 Å². The van der Waals surface area contributed by atoms with Crippen molar-refractivity contribution in [1.29, 1.82) is 0 Å². The first-order valence-corrected chi connectivity index (χ1v) is 8.04. The lowest BCUT2D eigenvalue weighted by atomic mass is 10.2. The molecule has 1 amide bonds. The number of aliphatic imine (C=N–C) groups is 1. The lowest BCUT2D eigenvalue weighted by Crippen LogP contribution is -2.46. The number of nitrogens with zero attached hydrogens (tertiary/aromatic N) is 3. The van der Waals surface area contributed by atoms with Gasteiger partial charge in [0.15, 0.2) is 5.96 Å². The molecule has 0 spiro atoms. The monoisotopic (exact) mass is 502 g/mol. The minimum Gasteiger partial charge on any atom is -0.492 e. The minimum atomic E-state index is -4.42. The van der Waals surface area contributed by atoms with Crippen LogP contribution in [0.15, 0.2) is 29.3 Å². The average Bonchev–Trinajstić information content (AvgIpc) is 2.55. The highest BCUT2D eigenvalue weighted by Crippen LogP contribution is 2.15. The van der Waals surface area contributed by atoms with Crippen molar-refractivity contribution in [2.75, 3.05) is 47.4 Å². The summed E-state index contributed by atoms with van der Waals surface area (Å²) >= 11 is 0. The number of hydrogen-bond acceptors (Lipinski definition) is 3. The number of nitrogens with one attached hydrogen (secondary N) is 1. The van der Waals surface area contributed by atoms with Gasteiger partial charge in [-0.05, 0) is 19.1 Å². The van der Waals surface area contributed by atoms with E-state index in [1.165, 1.54) is 7.05 Å². The summed E-state index contributed by atoms with van der Waals surface area (Å²) < 4.78 is 42.5. The number of likely N-dealkylation sites (N-methyl/N-ethyl adjacent to an activating group) is 2. The number of benzene rings is 1. The van der Waals surface area contributed by atoms with Crippen molar-refractivity contribution < 1.29 is 22.7 Å². The number of guanidine groups is 1. The zero-order valence-corrected chi connectivity index (χ0v) is 18.2. The Hall–Kier alpha value is -1.72. The van der Waals surface area contributed by atoms with E-state index < -0.39 is 18.6 Å². The van der Waals surface area contributed by atoms with Gasteiger partial charge in [-0.1, -0.05) is 17.7 Å². The molecule has 0 saturated carbocycles. The van der Waals surface area contributed by atoms with Gasteiger partial charge in [0.2, 0.25) is 5.91 Å². The quantitative estimate of drug-likeness (QED) is 0.354. The predicted molar refractivity (Wildman–Crippen MR) is 110 cm³/mol. The van der Waals surface area contributed by atoms with E-state index in [-0.39, 0.29) is 30.5 Å². The Labute approximate surface area is 174 Å². The third-order valence-corrected chi connectivity index (χ3v) is 3.53. The Bertz CT molecular complexity index is 609. The van der Waals surface area contributed by atoms with Gasteiger partial charge in [-0.15, -0.1) is 24.0 Å². The average molecular weight is 502 g/mol. The second-order valence-electron chi connectivity index (χ2n) is 5.85. The highest BCUT2D eigenvalue weighted by molar-refractivity contribution is 14.0. The molecule has 27 heavy (non-hydrogen) atoms. The molecule has 0 aliphatic rings. The normalized spacial score (nSPS) is 11.4. The summed E-state index contributed by atoms with van der Waals surface area (Å²) in [5.41, 5.74) is 1.14. The van der Waals surface area contributed by atoms with Gasteiger partial charge < -0.3 is 19.9 Å². The summed E-state index contributed by atoms with van der Waals surface area (Å²) in [6.45, 7) is 1.30. The van der Waals surface area contributed by atoms with Crippen LogP contribution in [0, 0.1) is 6.92 Å². The topological polar surface area (TPSA) is 57.2 Å². The van der Waals surface area contributed by atoms with Crippen LogP contribution in [0.2, 0.25) is 0 Å². The number of halogens is 4. The molecular formula is C17H26F3IN4O2. The maximum Gasteiger partial charge on any atom is 0.406 e. The van der Waals surface area contributed by atoms with Crippen molar-refractivity contribution in [3.8, 4) is 5.75 Å². The zero-order valence-electron chi connectivity index (χ0n) is 15.8. The van der Waals surface area contributed by atoms with Crippen LogP contribution in [0.3, 0.4) is 0 Å². The molecule has 6 nitrogen and oxygen atoms in total. The molecule has 0 saturated heterocycles. The third kappa shape index (κ3) is 10.3. The van der Waals surface area contributed by atoms with E-state index in [1.807, 2.05) is 31.2 Å². The largest absolute Gasteiger partial charge is 0.492 e. The van der Waals surface area contributed by atoms with Crippen LogP contribution < -0.4 is 10.1 Å². The molecule has 0 unspecified atom stereocenters.